The van der Waals surface area contributed by atoms with Crippen molar-refractivity contribution in [3.05, 3.63) is 279 Å². The lowest BCUT2D eigenvalue weighted by Gasteiger charge is -2.26. The van der Waals surface area contributed by atoms with E-state index in [1.54, 1.807) is 0 Å². The summed E-state index contributed by atoms with van der Waals surface area (Å²) in [4.78, 5) is 2.40. The van der Waals surface area contributed by atoms with Crippen LogP contribution in [0.2, 0.25) is 0 Å². The van der Waals surface area contributed by atoms with Crippen molar-refractivity contribution in [3.8, 4) is 50.2 Å². The standard InChI is InChI=1S/C70H46N2/c1-2-19-57(20-3-1)72-68-27-11-10-25-66(68)69-67(46-55-16-6-9-24-65(55)70(69)72)54-18-12-21-60(45-54)71(59-41-36-49(37-42-59)53-38-43-64-56(44-53)33-32-51-15-5-8-23-62(51)64)58-39-34-48(35-40-58)47-28-30-52(31-29-47)63-26-13-17-50-14-4-7-22-61(50)63/h1-46H. The smallest absolute Gasteiger partial charge is 0.0625 e. The van der Waals surface area contributed by atoms with E-state index in [1.165, 1.54) is 104 Å². The number of nitrogens with zero attached hydrogens (tertiary/aromatic N) is 2. The van der Waals surface area contributed by atoms with Gasteiger partial charge in [-0.1, -0.05) is 212 Å². The summed E-state index contributed by atoms with van der Waals surface area (Å²) in [6, 6.07) is 102. The number of fused-ring (bicyclic) bond motifs is 9. The predicted octanol–water partition coefficient (Wildman–Crippen LogP) is 19.5. The lowest BCUT2D eigenvalue weighted by atomic mass is 9.94. The van der Waals surface area contributed by atoms with Gasteiger partial charge in [0.1, 0.15) is 0 Å². The molecule has 14 aromatic rings. The molecule has 0 radical (unpaired) electrons. The summed E-state index contributed by atoms with van der Waals surface area (Å²) in [5.74, 6) is 0. The molecular weight excluding hydrogens is 869 g/mol. The molecule has 0 aliphatic heterocycles. The van der Waals surface area contributed by atoms with Gasteiger partial charge in [-0.3, -0.25) is 0 Å². The first-order valence-electron chi connectivity index (χ1n) is 24.8. The molecule has 0 fully saturated rings. The summed E-state index contributed by atoms with van der Waals surface area (Å²) in [6.07, 6.45) is 0. The molecule has 336 valence electrons. The van der Waals surface area contributed by atoms with E-state index in [4.69, 9.17) is 0 Å². The molecule has 0 unspecified atom stereocenters. The minimum Gasteiger partial charge on any atom is -0.310 e. The van der Waals surface area contributed by atoms with Crippen molar-refractivity contribution >= 4 is 82.0 Å². The Kier molecular flexibility index (Phi) is 9.89. The maximum Gasteiger partial charge on any atom is 0.0625 e. The molecule has 1 heterocycles. The normalized spacial score (nSPS) is 11.6. The fourth-order valence-corrected chi connectivity index (χ4v) is 11.3. The first-order valence-corrected chi connectivity index (χ1v) is 24.8. The Bertz CT molecular complexity index is 4350. The lowest BCUT2D eigenvalue weighted by molar-refractivity contribution is 1.19. The monoisotopic (exact) mass is 914 g/mol. The van der Waals surface area contributed by atoms with Gasteiger partial charge in [-0.2, -0.15) is 0 Å². The van der Waals surface area contributed by atoms with Gasteiger partial charge in [0.2, 0.25) is 0 Å². The number of rotatable bonds is 8. The van der Waals surface area contributed by atoms with Gasteiger partial charge in [0, 0.05) is 38.9 Å². The second-order valence-electron chi connectivity index (χ2n) is 18.9. The van der Waals surface area contributed by atoms with Gasteiger partial charge in [-0.25, -0.2) is 0 Å². The van der Waals surface area contributed by atoms with Crippen LogP contribution >= 0.6 is 0 Å². The first kappa shape index (κ1) is 41.5. The number of anilines is 3. The molecule has 0 amide bonds. The molecule has 0 atom stereocenters. The van der Waals surface area contributed by atoms with E-state index < -0.39 is 0 Å². The zero-order valence-electron chi connectivity index (χ0n) is 39.5. The highest BCUT2D eigenvalue weighted by Gasteiger charge is 2.21. The summed E-state index contributed by atoms with van der Waals surface area (Å²) in [5.41, 5.74) is 16.4. The van der Waals surface area contributed by atoms with E-state index in [9.17, 15) is 0 Å². The van der Waals surface area contributed by atoms with Crippen molar-refractivity contribution in [2.24, 2.45) is 0 Å². The van der Waals surface area contributed by atoms with E-state index in [0.29, 0.717) is 0 Å². The van der Waals surface area contributed by atoms with Gasteiger partial charge in [0.15, 0.2) is 0 Å². The van der Waals surface area contributed by atoms with E-state index in [1.807, 2.05) is 0 Å². The second kappa shape index (κ2) is 17.2. The molecule has 0 saturated heterocycles. The Morgan fingerprint density at radius 2 is 0.764 bits per heavy atom. The maximum absolute atomic E-state index is 2.45. The zero-order chi connectivity index (χ0) is 47.5. The molecule has 14 rings (SSSR count). The summed E-state index contributed by atoms with van der Waals surface area (Å²) in [6.45, 7) is 0. The Labute approximate surface area is 418 Å². The van der Waals surface area contributed by atoms with Crippen molar-refractivity contribution in [2.75, 3.05) is 4.90 Å². The molecule has 13 aromatic carbocycles. The molecule has 0 N–H and O–H groups in total. The van der Waals surface area contributed by atoms with Crippen LogP contribution in [0, 0.1) is 0 Å². The zero-order valence-corrected chi connectivity index (χ0v) is 39.5. The highest BCUT2D eigenvalue weighted by molar-refractivity contribution is 6.24. The summed E-state index contributed by atoms with van der Waals surface area (Å²) in [5, 5.41) is 12.5. The van der Waals surface area contributed by atoms with Gasteiger partial charge in [-0.05, 0) is 149 Å². The molecule has 0 saturated carbocycles. The fraction of sp³-hybridized carbons (Fsp3) is 0. The van der Waals surface area contributed by atoms with E-state index in [0.717, 1.165) is 28.3 Å². The molecule has 72 heavy (non-hydrogen) atoms. The molecular formula is C70H46N2. The van der Waals surface area contributed by atoms with Crippen LogP contribution in [0.3, 0.4) is 0 Å². The minimum absolute atomic E-state index is 1.08. The molecule has 0 aliphatic rings. The van der Waals surface area contributed by atoms with Crippen LogP contribution in [0.5, 0.6) is 0 Å². The van der Waals surface area contributed by atoms with Crippen LogP contribution in [0.4, 0.5) is 17.1 Å². The Morgan fingerprint density at radius 1 is 0.250 bits per heavy atom. The van der Waals surface area contributed by atoms with Crippen molar-refractivity contribution in [2.45, 2.75) is 0 Å². The molecule has 0 spiro atoms. The van der Waals surface area contributed by atoms with Crippen molar-refractivity contribution in [1.82, 2.24) is 4.57 Å². The largest absolute Gasteiger partial charge is 0.310 e. The second-order valence-corrected chi connectivity index (χ2v) is 18.9. The molecule has 1 aromatic heterocycles. The molecule has 2 nitrogen and oxygen atoms in total. The van der Waals surface area contributed by atoms with Crippen LogP contribution in [0.25, 0.3) is 115 Å². The lowest BCUT2D eigenvalue weighted by Crippen LogP contribution is -2.10. The summed E-state index contributed by atoms with van der Waals surface area (Å²) < 4.78 is 2.45. The van der Waals surface area contributed by atoms with Gasteiger partial charge >= 0.3 is 0 Å². The van der Waals surface area contributed by atoms with E-state index in [2.05, 4.69) is 289 Å². The third kappa shape index (κ3) is 7.03. The average Bonchev–Trinajstić information content (AvgIpc) is 3.81. The molecule has 0 aliphatic carbocycles. The van der Waals surface area contributed by atoms with Gasteiger partial charge in [0.05, 0.1) is 11.0 Å². The first-order chi connectivity index (χ1) is 35.7. The molecule has 0 bridgehead atoms. The van der Waals surface area contributed by atoms with Crippen LogP contribution < -0.4 is 4.90 Å². The van der Waals surface area contributed by atoms with Crippen molar-refractivity contribution in [1.29, 1.82) is 0 Å². The number of para-hydroxylation sites is 2. The highest BCUT2D eigenvalue weighted by Crippen LogP contribution is 2.45. The number of benzene rings is 13. The predicted molar refractivity (Wildman–Crippen MR) is 307 cm³/mol. The van der Waals surface area contributed by atoms with Crippen LogP contribution in [0.15, 0.2) is 279 Å². The van der Waals surface area contributed by atoms with Gasteiger partial charge in [0.25, 0.3) is 0 Å². The summed E-state index contributed by atoms with van der Waals surface area (Å²) in [7, 11) is 0. The Hall–Kier alpha value is -9.50. The number of hydrogen-bond donors (Lipinski definition) is 0. The number of aromatic nitrogens is 1. The Balaban J connectivity index is 0.892. The average molecular weight is 915 g/mol. The summed E-state index contributed by atoms with van der Waals surface area (Å²) >= 11 is 0. The maximum atomic E-state index is 2.45. The topological polar surface area (TPSA) is 8.17 Å². The van der Waals surface area contributed by atoms with Gasteiger partial charge < -0.3 is 9.47 Å². The minimum atomic E-state index is 1.08. The SMILES string of the molecule is c1ccc(-n2c3ccccc3c3c(-c4cccc(N(c5ccc(-c6ccc(-c7cccc8ccccc78)cc6)cc5)c5ccc(-c6ccc7c(ccc8ccccc87)c6)cc5)c4)cc4ccccc4c32)cc1. The fourth-order valence-electron chi connectivity index (χ4n) is 11.3. The van der Waals surface area contributed by atoms with E-state index >= 15 is 0 Å². The quantitative estimate of drug-likeness (QED) is 0.138. The number of hydrogen-bond acceptors (Lipinski definition) is 1. The van der Waals surface area contributed by atoms with Crippen molar-refractivity contribution in [3.63, 3.8) is 0 Å². The third-order valence-corrected chi connectivity index (χ3v) is 14.7. The van der Waals surface area contributed by atoms with Crippen LogP contribution in [-0.2, 0) is 0 Å². The van der Waals surface area contributed by atoms with Crippen LogP contribution in [0.1, 0.15) is 0 Å². The van der Waals surface area contributed by atoms with Crippen LogP contribution in [-0.4, -0.2) is 4.57 Å². The van der Waals surface area contributed by atoms with E-state index in [-0.39, 0.29) is 0 Å². The van der Waals surface area contributed by atoms with Gasteiger partial charge in [-0.15, -0.1) is 0 Å². The van der Waals surface area contributed by atoms with Crippen molar-refractivity contribution < 1.29 is 0 Å². The molecule has 2 heteroatoms. The highest BCUT2D eigenvalue weighted by atomic mass is 15.1. The Morgan fingerprint density at radius 3 is 1.51 bits per heavy atom. The third-order valence-electron chi connectivity index (χ3n) is 14.7.